The number of aromatic nitrogens is 2. The number of H-pyrrole nitrogens is 1. The SMILES string of the molecule is c1ccc(-c2cc(N3CCOCC3)[nH]n2)cc1. The van der Waals surface area contributed by atoms with Gasteiger partial charge in [0.05, 0.1) is 18.9 Å². The van der Waals surface area contributed by atoms with E-state index in [4.69, 9.17) is 4.74 Å². The molecule has 1 aliphatic heterocycles. The number of nitrogens with one attached hydrogen (secondary N) is 1. The van der Waals surface area contributed by atoms with Crippen molar-refractivity contribution in [1.82, 2.24) is 10.2 Å². The molecule has 1 aromatic heterocycles. The van der Waals surface area contributed by atoms with Crippen LogP contribution in [0.5, 0.6) is 0 Å². The Bertz CT molecular complexity index is 474. The highest BCUT2D eigenvalue weighted by atomic mass is 16.5. The number of ether oxygens (including phenoxy) is 1. The van der Waals surface area contributed by atoms with E-state index in [1.807, 2.05) is 18.2 Å². The molecule has 0 saturated carbocycles. The molecule has 0 bridgehead atoms. The van der Waals surface area contributed by atoms with Crippen LogP contribution in [0.1, 0.15) is 0 Å². The third-order valence-corrected chi connectivity index (χ3v) is 2.99. The lowest BCUT2D eigenvalue weighted by Crippen LogP contribution is -2.36. The Morgan fingerprint density at radius 3 is 2.65 bits per heavy atom. The minimum atomic E-state index is 0.791. The van der Waals surface area contributed by atoms with E-state index in [0.717, 1.165) is 43.4 Å². The summed E-state index contributed by atoms with van der Waals surface area (Å²) in [7, 11) is 0. The van der Waals surface area contributed by atoms with Crippen LogP contribution in [0, 0.1) is 0 Å². The summed E-state index contributed by atoms with van der Waals surface area (Å²) in [5, 5.41) is 7.45. The summed E-state index contributed by atoms with van der Waals surface area (Å²) in [6.07, 6.45) is 0. The van der Waals surface area contributed by atoms with Crippen molar-refractivity contribution in [3.63, 3.8) is 0 Å². The Morgan fingerprint density at radius 1 is 1.12 bits per heavy atom. The number of hydrogen-bond acceptors (Lipinski definition) is 3. The monoisotopic (exact) mass is 229 g/mol. The first-order valence-electron chi connectivity index (χ1n) is 5.87. The van der Waals surface area contributed by atoms with Gasteiger partial charge < -0.3 is 9.64 Å². The average Bonchev–Trinajstić information content (AvgIpc) is 2.90. The van der Waals surface area contributed by atoms with E-state index >= 15 is 0 Å². The molecule has 1 aromatic carbocycles. The van der Waals surface area contributed by atoms with E-state index in [1.165, 1.54) is 0 Å². The fraction of sp³-hybridized carbons (Fsp3) is 0.308. The van der Waals surface area contributed by atoms with Crippen LogP contribution in [0.4, 0.5) is 5.82 Å². The summed E-state index contributed by atoms with van der Waals surface area (Å²) in [4.78, 5) is 2.27. The molecule has 0 amide bonds. The summed E-state index contributed by atoms with van der Waals surface area (Å²) >= 11 is 0. The van der Waals surface area contributed by atoms with Crippen LogP contribution in [-0.4, -0.2) is 36.5 Å². The van der Waals surface area contributed by atoms with Crippen LogP contribution < -0.4 is 4.90 Å². The molecule has 0 atom stereocenters. The van der Waals surface area contributed by atoms with Gasteiger partial charge in [0.15, 0.2) is 0 Å². The lowest BCUT2D eigenvalue weighted by Gasteiger charge is -2.26. The molecule has 1 aliphatic rings. The van der Waals surface area contributed by atoms with E-state index in [0.29, 0.717) is 0 Å². The molecule has 2 heterocycles. The highest BCUT2D eigenvalue weighted by molar-refractivity contribution is 5.63. The molecular weight excluding hydrogens is 214 g/mol. The molecule has 3 rings (SSSR count). The van der Waals surface area contributed by atoms with Gasteiger partial charge in [0.1, 0.15) is 5.82 Å². The second kappa shape index (κ2) is 4.59. The second-order valence-electron chi connectivity index (χ2n) is 4.10. The van der Waals surface area contributed by atoms with Crippen molar-refractivity contribution in [2.75, 3.05) is 31.2 Å². The van der Waals surface area contributed by atoms with Crippen LogP contribution in [0.2, 0.25) is 0 Å². The van der Waals surface area contributed by atoms with E-state index in [9.17, 15) is 0 Å². The molecule has 0 radical (unpaired) electrons. The van der Waals surface area contributed by atoms with Gasteiger partial charge in [-0.15, -0.1) is 0 Å². The highest BCUT2D eigenvalue weighted by Gasteiger charge is 2.13. The van der Waals surface area contributed by atoms with Gasteiger partial charge in [-0.2, -0.15) is 5.10 Å². The second-order valence-corrected chi connectivity index (χ2v) is 4.10. The number of rotatable bonds is 2. The van der Waals surface area contributed by atoms with Crippen molar-refractivity contribution < 1.29 is 4.74 Å². The molecule has 4 nitrogen and oxygen atoms in total. The molecule has 88 valence electrons. The van der Waals surface area contributed by atoms with Gasteiger partial charge in [-0.05, 0) is 0 Å². The Balaban J connectivity index is 1.83. The smallest absolute Gasteiger partial charge is 0.124 e. The van der Waals surface area contributed by atoms with Crippen LogP contribution in [-0.2, 0) is 4.74 Å². The van der Waals surface area contributed by atoms with Crippen molar-refractivity contribution in [3.8, 4) is 11.3 Å². The maximum Gasteiger partial charge on any atom is 0.124 e. The summed E-state index contributed by atoms with van der Waals surface area (Å²) in [6, 6.07) is 12.3. The molecule has 1 fully saturated rings. The zero-order chi connectivity index (χ0) is 11.5. The fourth-order valence-electron chi connectivity index (χ4n) is 2.03. The first-order valence-corrected chi connectivity index (χ1v) is 5.87. The van der Waals surface area contributed by atoms with Crippen molar-refractivity contribution in [2.24, 2.45) is 0 Å². The van der Waals surface area contributed by atoms with Crippen LogP contribution >= 0.6 is 0 Å². The third-order valence-electron chi connectivity index (χ3n) is 2.99. The molecule has 1 N–H and O–H groups in total. The zero-order valence-corrected chi connectivity index (χ0v) is 9.60. The van der Waals surface area contributed by atoms with Gasteiger partial charge >= 0.3 is 0 Å². The molecule has 4 heteroatoms. The number of benzene rings is 1. The number of aromatic amines is 1. The predicted molar refractivity (Wildman–Crippen MR) is 67.1 cm³/mol. The maximum atomic E-state index is 5.34. The zero-order valence-electron chi connectivity index (χ0n) is 9.60. The minimum Gasteiger partial charge on any atom is -0.378 e. The molecule has 17 heavy (non-hydrogen) atoms. The summed E-state index contributed by atoms with van der Waals surface area (Å²) in [6.45, 7) is 3.44. The van der Waals surface area contributed by atoms with Crippen molar-refractivity contribution in [1.29, 1.82) is 0 Å². The number of anilines is 1. The third kappa shape index (κ3) is 2.17. The van der Waals surface area contributed by atoms with Gasteiger partial charge in [-0.3, -0.25) is 5.10 Å². The fourth-order valence-corrected chi connectivity index (χ4v) is 2.03. The number of nitrogens with zero attached hydrogens (tertiary/aromatic N) is 2. The van der Waals surface area contributed by atoms with Crippen molar-refractivity contribution >= 4 is 5.82 Å². The van der Waals surface area contributed by atoms with Gasteiger partial charge in [-0.1, -0.05) is 30.3 Å². The quantitative estimate of drug-likeness (QED) is 0.855. The van der Waals surface area contributed by atoms with E-state index < -0.39 is 0 Å². The first-order chi connectivity index (χ1) is 8.43. The van der Waals surface area contributed by atoms with E-state index in [2.05, 4.69) is 33.3 Å². The van der Waals surface area contributed by atoms with Gasteiger partial charge in [0, 0.05) is 24.7 Å². The van der Waals surface area contributed by atoms with Gasteiger partial charge in [-0.25, -0.2) is 0 Å². The molecule has 1 saturated heterocycles. The van der Waals surface area contributed by atoms with Crippen molar-refractivity contribution in [2.45, 2.75) is 0 Å². The van der Waals surface area contributed by atoms with Crippen molar-refractivity contribution in [3.05, 3.63) is 36.4 Å². The summed E-state index contributed by atoms with van der Waals surface area (Å²) in [5.41, 5.74) is 2.13. The molecular formula is C13H15N3O. The van der Waals surface area contributed by atoms with Gasteiger partial charge in [0.25, 0.3) is 0 Å². The molecule has 0 spiro atoms. The summed E-state index contributed by atoms with van der Waals surface area (Å²) in [5.74, 6) is 1.08. The highest BCUT2D eigenvalue weighted by Crippen LogP contribution is 2.21. The van der Waals surface area contributed by atoms with Crippen LogP contribution in [0.25, 0.3) is 11.3 Å². The van der Waals surface area contributed by atoms with Gasteiger partial charge in [0.2, 0.25) is 0 Å². The Labute approximate surface area is 100 Å². The average molecular weight is 229 g/mol. The largest absolute Gasteiger partial charge is 0.378 e. The number of morpholine rings is 1. The van der Waals surface area contributed by atoms with E-state index in [-0.39, 0.29) is 0 Å². The standard InChI is InChI=1S/C13H15N3O/c1-2-4-11(5-3-1)12-10-13(15-14-12)16-6-8-17-9-7-16/h1-5,10H,6-9H2,(H,14,15). The lowest BCUT2D eigenvalue weighted by atomic mass is 10.1. The Morgan fingerprint density at radius 2 is 1.88 bits per heavy atom. The predicted octanol–water partition coefficient (Wildman–Crippen LogP) is 1.91. The molecule has 0 unspecified atom stereocenters. The minimum absolute atomic E-state index is 0.791. The maximum absolute atomic E-state index is 5.34. The normalized spacial score (nSPS) is 16.1. The molecule has 2 aromatic rings. The Kier molecular flexibility index (Phi) is 2.80. The van der Waals surface area contributed by atoms with Crippen LogP contribution in [0.3, 0.4) is 0 Å². The first kappa shape index (κ1) is 10.4. The topological polar surface area (TPSA) is 41.1 Å². The van der Waals surface area contributed by atoms with Crippen LogP contribution in [0.15, 0.2) is 36.4 Å². The number of hydrogen-bond donors (Lipinski definition) is 1. The summed E-state index contributed by atoms with van der Waals surface area (Å²) < 4.78 is 5.34. The van der Waals surface area contributed by atoms with E-state index in [1.54, 1.807) is 0 Å². The lowest BCUT2D eigenvalue weighted by molar-refractivity contribution is 0.122. The molecule has 0 aliphatic carbocycles. The Hall–Kier alpha value is -1.81.